The summed E-state index contributed by atoms with van der Waals surface area (Å²) < 4.78 is 5.39. The molecule has 4 nitrogen and oxygen atoms in total. The molecule has 0 saturated heterocycles. The monoisotopic (exact) mass is 294 g/mol. The van der Waals surface area contributed by atoms with Gasteiger partial charge in [-0.15, -0.1) is 0 Å². The first kappa shape index (κ1) is 9.60. The minimum absolute atomic E-state index is 0.167. The summed E-state index contributed by atoms with van der Waals surface area (Å²) in [6, 6.07) is 0. The quantitative estimate of drug-likeness (QED) is 0.741. The Hall–Kier alpha value is -0.490. The molecule has 12 heavy (non-hydrogen) atoms. The number of methoxy groups -OCH3 is 1. The molecule has 0 aliphatic rings. The van der Waals surface area contributed by atoms with Gasteiger partial charge in [0.1, 0.15) is 9.21 Å². The van der Waals surface area contributed by atoms with E-state index in [-0.39, 0.29) is 5.69 Å². The van der Waals surface area contributed by atoms with Crippen LogP contribution in [0.2, 0.25) is 0 Å². The number of carbonyl (C=O) groups excluding carboxylic acids is 1. The number of nitrogens with zero attached hydrogens (tertiary/aromatic N) is 2. The molecule has 0 atom stereocenters. The number of aromatic nitrogens is 2. The fourth-order valence-electron chi connectivity index (χ4n) is 0.580. The molecular weight excluding hydrogens is 292 g/mol. The van der Waals surface area contributed by atoms with Crippen LogP contribution in [-0.2, 0) is 4.74 Å². The lowest BCUT2D eigenvalue weighted by Gasteiger charge is -1.99. The number of halogens is 2. The topological polar surface area (TPSA) is 52.1 Å². The van der Waals surface area contributed by atoms with Crippen LogP contribution in [0.5, 0.6) is 0 Å². The van der Waals surface area contributed by atoms with E-state index in [0.717, 1.165) is 0 Å². The van der Waals surface area contributed by atoms with E-state index in [1.54, 1.807) is 0 Å². The summed E-state index contributed by atoms with van der Waals surface area (Å²) in [5, 5.41) is 0. The molecule has 6 heteroatoms. The molecule has 0 aliphatic heterocycles. The zero-order valence-electron chi connectivity index (χ0n) is 6.04. The largest absolute Gasteiger partial charge is 0.464 e. The van der Waals surface area contributed by atoms with Crippen molar-refractivity contribution >= 4 is 37.8 Å². The van der Waals surface area contributed by atoms with E-state index >= 15 is 0 Å². The van der Waals surface area contributed by atoms with Crippen molar-refractivity contribution in [1.29, 1.82) is 0 Å². The van der Waals surface area contributed by atoms with Gasteiger partial charge < -0.3 is 4.74 Å². The van der Waals surface area contributed by atoms with Crippen molar-refractivity contribution in [2.45, 2.75) is 0 Å². The van der Waals surface area contributed by atoms with Crippen molar-refractivity contribution in [1.82, 2.24) is 9.97 Å². The Balaban J connectivity index is 3.09. The predicted molar refractivity (Wildman–Crippen MR) is 48.8 cm³/mol. The molecule has 0 N–H and O–H groups in total. The van der Waals surface area contributed by atoms with E-state index in [2.05, 4.69) is 46.6 Å². The third kappa shape index (κ3) is 2.01. The molecule has 1 heterocycles. The summed E-state index contributed by atoms with van der Waals surface area (Å²) >= 11 is 6.20. The lowest BCUT2D eigenvalue weighted by atomic mass is 10.5. The van der Waals surface area contributed by atoms with E-state index in [9.17, 15) is 4.79 Å². The lowest BCUT2D eigenvalue weighted by Crippen LogP contribution is -2.06. The Kier molecular flexibility index (Phi) is 3.16. The van der Waals surface area contributed by atoms with Crippen molar-refractivity contribution in [2.75, 3.05) is 7.11 Å². The molecular formula is C6H4Br2N2O2. The van der Waals surface area contributed by atoms with E-state index in [0.29, 0.717) is 9.21 Å². The van der Waals surface area contributed by atoms with E-state index < -0.39 is 5.97 Å². The van der Waals surface area contributed by atoms with Crippen LogP contribution in [0.1, 0.15) is 10.5 Å². The third-order valence-electron chi connectivity index (χ3n) is 1.08. The zero-order chi connectivity index (χ0) is 9.14. The van der Waals surface area contributed by atoms with Crippen LogP contribution in [0.3, 0.4) is 0 Å². The molecule has 1 aromatic rings. The highest BCUT2D eigenvalue weighted by atomic mass is 79.9. The maximum atomic E-state index is 11.0. The highest BCUT2D eigenvalue weighted by Crippen LogP contribution is 2.15. The first-order valence-electron chi connectivity index (χ1n) is 2.91. The molecule has 1 aromatic heterocycles. The number of hydrogen-bond donors (Lipinski definition) is 0. The maximum absolute atomic E-state index is 11.0. The standard InChI is InChI=1S/C6H4Br2N2O2/c1-12-6(11)4-5(8)10-3(7)2-9-4/h2H,1H3. The van der Waals surface area contributed by atoms with Crippen LogP contribution in [0, 0.1) is 0 Å². The summed E-state index contributed by atoms with van der Waals surface area (Å²) in [5.74, 6) is -0.512. The minimum Gasteiger partial charge on any atom is -0.464 e. The smallest absolute Gasteiger partial charge is 0.359 e. The van der Waals surface area contributed by atoms with E-state index in [1.807, 2.05) is 0 Å². The van der Waals surface area contributed by atoms with E-state index in [1.165, 1.54) is 13.3 Å². The van der Waals surface area contributed by atoms with E-state index in [4.69, 9.17) is 0 Å². The summed E-state index contributed by atoms with van der Waals surface area (Å²) in [4.78, 5) is 18.7. The molecule has 0 amide bonds. The normalized spacial score (nSPS) is 9.58. The Labute approximate surface area is 85.6 Å². The van der Waals surface area contributed by atoms with Gasteiger partial charge in [0.25, 0.3) is 0 Å². The molecule has 0 aliphatic carbocycles. The number of hydrogen-bond acceptors (Lipinski definition) is 4. The van der Waals surface area contributed by atoms with Gasteiger partial charge in [-0.25, -0.2) is 14.8 Å². The van der Waals surface area contributed by atoms with Crippen LogP contribution in [0.4, 0.5) is 0 Å². The molecule has 0 spiro atoms. The summed E-state index contributed by atoms with van der Waals surface area (Å²) in [6.45, 7) is 0. The minimum atomic E-state index is -0.512. The number of carbonyl (C=O) groups is 1. The lowest BCUT2D eigenvalue weighted by molar-refractivity contribution is 0.0592. The van der Waals surface area contributed by atoms with Gasteiger partial charge in [-0.1, -0.05) is 0 Å². The Bertz CT molecular complexity index is 316. The Morgan fingerprint density at radius 1 is 1.58 bits per heavy atom. The second-order valence-corrected chi connectivity index (χ2v) is 3.39. The van der Waals surface area contributed by atoms with Gasteiger partial charge in [-0.05, 0) is 31.9 Å². The number of esters is 1. The van der Waals surface area contributed by atoms with Crippen LogP contribution in [0.15, 0.2) is 15.4 Å². The molecule has 0 saturated carbocycles. The summed E-state index contributed by atoms with van der Waals surface area (Å²) in [7, 11) is 1.29. The average molecular weight is 296 g/mol. The van der Waals surface area contributed by atoms with Crippen molar-refractivity contribution in [3.05, 3.63) is 21.1 Å². The molecule has 0 unspecified atom stereocenters. The van der Waals surface area contributed by atoms with Crippen LogP contribution < -0.4 is 0 Å². The molecule has 1 rings (SSSR count). The molecule has 0 aromatic carbocycles. The summed E-state index contributed by atoms with van der Waals surface area (Å²) in [5.41, 5.74) is 0.167. The fourth-order valence-corrected chi connectivity index (χ4v) is 1.55. The second kappa shape index (κ2) is 3.95. The SMILES string of the molecule is COC(=O)c1ncc(Br)nc1Br. The van der Waals surface area contributed by atoms with Gasteiger partial charge in [0.05, 0.1) is 13.3 Å². The Morgan fingerprint density at radius 2 is 2.25 bits per heavy atom. The number of rotatable bonds is 1. The Morgan fingerprint density at radius 3 is 2.75 bits per heavy atom. The van der Waals surface area contributed by atoms with Gasteiger partial charge in [0.2, 0.25) is 0 Å². The fraction of sp³-hybridized carbons (Fsp3) is 0.167. The highest BCUT2D eigenvalue weighted by Gasteiger charge is 2.12. The van der Waals surface area contributed by atoms with Gasteiger partial charge in [-0.3, -0.25) is 0 Å². The van der Waals surface area contributed by atoms with Gasteiger partial charge >= 0.3 is 5.97 Å². The van der Waals surface area contributed by atoms with Gasteiger partial charge in [-0.2, -0.15) is 0 Å². The summed E-state index contributed by atoms with van der Waals surface area (Å²) in [6.07, 6.45) is 1.43. The zero-order valence-corrected chi connectivity index (χ0v) is 9.22. The van der Waals surface area contributed by atoms with Crippen molar-refractivity contribution in [3.63, 3.8) is 0 Å². The molecule has 0 bridgehead atoms. The van der Waals surface area contributed by atoms with Crippen LogP contribution >= 0.6 is 31.9 Å². The van der Waals surface area contributed by atoms with Crippen molar-refractivity contribution < 1.29 is 9.53 Å². The predicted octanol–water partition coefficient (Wildman–Crippen LogP) is 1.79. The first-order valence-corrected chi connectivity index (χ1v) is 4.50. The molecule has 0 fully saturated rings. The molecule has 0 radical (unpaired) electrons. The third-order valence-corrected chi connectivity index (χ3v) is 2.01. The molecule has 64 valence electrons. The average Bonchev–Trinajstić information content (AvgIpc) is 2.03. The van der Waals surface area contributed by atoms with Gasteiger partial charge in [0.15, 0.2) is 5.69 Å². The van der Waals surface area contributed by atoms with Crippen LogP contribution in [-0.4, -0.2) is 23.0 Å². The van der Waals surface area contributed by atoms with Gasteiger partial charge in [0, 0.05) is 0 Å². The van der Waals surface area contributed by atoms with Crippen LogP contribution in [0.25, 0.3) is 0 Å². The maximum Gasteiger partial charge on any atom is 0.359 e. The number of ether oxygens (including phenoxy) is 1. The van der Waals surface area contributed by atoms with Crippen molar-refractivity contribution in [3.8, 4) is 0 Å². The first-order chi connectivity index (χ1) is 5.65. The van der Waals surface area contributed by atoms with Crippen molar-refractivity contribution in [2.24, 2.45) is 0 Å². The second-order valence-electron chi connectivity index (χ2n) is 1.82. The highest BCUT2D eigenvalue weighted by molar-refractivity contribution is 9.11.